The van der Waals surface area contributed by atoms with E-state index in [1.54, 1.807) is 12.1 Å². The van der Waals surface area contributed by atoms with Gasteiger partial charge in [0, 0.05) is 0 Å². The second kappa shape index (κ2) is 5.39. The molecule has 0 spiro atoms. The van der Waals surface area contributed by atoms with E-state index in [4.69, 9.17) is 22.1 Å². The molecule has 0 amide bonds. The molecular weight excluding hydrogens is 208 g/mol. The Hall–Kier alpha value is -1.51. The quantitative estimate of drug-likeness (QED) is 0.782. The molecule has 1 aromatic rings. The van der Waals surface area contributed by atoms with Crippen LogP contribution in [-0.2, 0) is 12.8 Å². The van der Waals surface area contributed by atoms with Gasteiger partial charge in [-0.1, -0.05) is 24.9 Å². The SMILES string of the molecule is CCCc1cc(C#N)c(Cl)cc1CC#N. The van der Waals surface area contributed by atoms with E-state index in [0.717, 1.165) is 24.0 Å². The van der Waals surface area contributed by atoms with Crippen molar-refractivity contribution in [3.8, 4) is 12.1 Å². The fraction of sp³-hybridized carbons (Fsp3) is 0.333. The Kier molecular flexibility index (Phi) is 4.16. The summed E-state index contributed by atoms with van der Waals surface area (Å²) in [5, 5.41) is 17.9. The Morgan fingerprint density at radius 1 is 1.27 bits per heavy atom. The highest BCUT2D eigenvalue weighted by molar-refractivity contribution is 6.31. The smallest absolute Gasteiger partial charge is 0.101 e. The summed E-state index contributed by atoms with van der Waals surface area (Å²) in [4.78, 5) is 0. The molecule has 76 valence electrons. The lowest BCUT2D eigenvalue weighted by atomic mass is 9.98. The summed E-state index contributed by atoms with van der Waals surface area (Å²) in [6.07, 6.45) is 2.22. The van der Waals surface area contributed by atoms with Gasteiger partial charge in [0.1, 0.15) is 6.07 Å². The summed E-state index contributed by atoms with van der Waals surface area (Å²) in [6.45, 7) is 2.07. The first-order chi connectivity index (χ1) is 7.22. The maximum absolute atomic E-state index is 8.83. The molecule has 0 aliphatic rings. The van der Waals surface area contributed by atoms with Crippen molar-refractivity contribution in [3.05, 3.63) is 33.8 Å². The van der Waals surface area contributed by atoms with E-state index in [9.17, 15) is 0 Å². The minimum absolute atomic E-state index is 0.348. The molecule has 0 aliphatic heterocycles. The molecule has 0 saturated heterocycles. The Bertz CT molecular complexity index is 438. The van der Waals surface area contributed by atoms with Gasteiger partial charge in [-0.25, -0.2) is 0 Å². The lowest BCUT2D eigenvalue weighted by Crippen LogP contribution is -1.95. The van der Waals surface area contributed by atoms with Gasteiger partial charge in [0.25, 0.3) is 0 Å². The van der Waals surface area contributed by atoms with E-state index in [-0.39, 0.29) is 0 Å². The molecule has 1 aromatic carbocycles. The Morgan fingerprint density at radius 3 is 2.53 bits per heavy atom. The number of benzene rings is 1. The number of nitrogens with zero attached hydrogens (tertiary/aromatic N) is 2. The fourth-order valence-electron chi connectivity index (χ4n) is 1.50. The number of hydrogen-bond acceptors (Lipinski definition) is 2. The predicted octanol–water partition coefficient (Wildman–Crippen LogP) is 3.23. The van der Waals surface area contributed by atoms with E-state index in [2.05, 4.69) is 13.0 Å². The highest BCUT2D eigenvalue weighted by Crippen LogP contribution is 2.22. The van der Waals surface area contributed by atoms with Gasteiger partial charge in [-0.05, 0) is 29.7 Å². The fourth-order valence-corrected chi connectivity index (χ4v) is 1.73. The molecule has 0 radical (unpaired) electrons. The number of halogens is 1. The molecule has 1 rings (SSSR count). The first-order valence-electron chi connectivity index (χ1n) is 4.81. The van der Waals surface area contributed by atoms with Crippen LogP contribution in [0, 0.1) is 22.7 Å². The van der Waals surface area contributed by atoms with Crippen LogP contribution in [-0.4, -0.2) is 0 Å². The van der Waals surface area contributed by atoms with Crippen molar-refractivity contribution in [1.29, 1.82) is 10.5 Å². The van der Waals surface area contributed by atoms with Gasteiger partial charge < -0.3 is 0 Å². The van der Waals surface area contributed by atoms with Crippen LogP contribution < -0.4 is 0 Å². The van der Waals surface area contributed by atoms with Gasteiger partial charge >= 0.3 is 0 Å². The Balaban J connectivity index is 3.21. The second-order valence-electron chi connectivity index (χ2n) is 3.30. The van der Waals surface area contributed by atoms with Crippen LogP contribution in [0.5, 0.6) is 0 Å². The highest BCUT2D eigenvalue weighted by atomic mass is 35.5. The number of hydrogen-bond donors (Lipinski definition) is 0. The van der Waals surface area contributed by atoms with E-state index in [1.807, 2.05) is 6.07 Å². The minimum atomic E-state index is 0.348. The zero-order valence-electron chi connectivity index (χ0n) is 8.55. The molecule has 15 heavy (non-hydrogen) atoms. The molecular formula is C12H11ClN2. The molecule has 3 heteroatoms. The van der Waals surface area contributed by atoms with E-state index in [0.29, 0.717) is 17.0 Å². The van der Waals surface area contributed by atoms with Gasteiger partial charge in [-0.15, -0.1) is 0 Å². The van der Waals surface area contributed by atoms with Crippen molar-refractivity contribution in [2.24, 2.45) is 0 Å². The second-order valence-corrected chi connectivity index (χ2v) is 3.70. The van der Waals surface area contributed by atoms with Gasteiger partial charge in [-0.2, -0.15) is 10.5 Å². The van der Waals surface area contributed by atoms with E-state index >= 15 is 0 Å². The molecule has 0 atom stereocenters. The largest absolute Gasteiger partial charge is 0.198 e. The van der Waals surface area contributed by atoms with Gasteiger partial charge in [-0.3, -0.25) is 0 Å². The van der Waals surface area contributed by atoms with Gasteiger partial charge in [0.05, 0.1) is 23.1 Å². The number of rotatable bonds is 3. The summed E-state index contributed by atoms with van der Waals surface area (Å²) in [7, 11) is 0. The van der Waals surface area contributed by atoms with E-state index < -0.39 is 0 Å². The monoisotopic (exact) mass is 218 g/mol. The molecule has 0 unspecified atom stereocenters. The summed E-state index contributed by atoms with van der Waals surface area (Å²) < 4.78 is 0. The van der Waals surface area contributed by atoms with Crippen molar-refractivity contribution >= 4 is 11.6 Å². The summed E-state index contributed by atoms with van der Waals surface area (Å²) in [6, 6.07) is 7.68. The normalized spacial score (nSPS) is 9.33. The van der Waals surface area contributed by atoms with Crippen LogP contribution in [0.4, 0.5) is 0 Å². The van der Waals surface area contributed by atoms with Crippen molar-refractivity contribution < 1.29 is 0 Å². The van der Waals surface area contributed by atoms with Crippen LogP contribution in [0.15, 0.2) is 12.1 Å². The minimum Gasteiger partial charge on any atom is -0.198 e. The average Bonchev–Trinajstić information content (AvgIpc) is 2.22. The van der Waals surface area contributed by atoms with Crippen molar-refractivity contribution in [1.82, 2.24) is 0 Å². The highest BCUT2D eigenvalue weighted by Gasteiger charge is 2.07. The van der Waals surface area contributed by atoms with Gasteiger partial charge in [0.2, 0.25) is 0 Å². The molecule has 0 aliphatic carbocycles. The van der Waals surface area contributed by atoms with Crippen LogP contribution >= 0.6 is 11.6 Å². The first-order valence-corrected chi connectivity index (χ1v) is 5.19. The molecule has 0 bridgehead atoms. The van der Waals surface area contributed by atoms with Gasteiger partial charge in [0.15, 0.2) is 0 Å². The van der Waals surface area contributed by atoms with Crippen LogP contribution in [0.3, 0.4) is 0 Å². The maximum Gasteiger partial charge on any atom is 0.101 e. The standard InChI is InChI=1S/C12H11ClN2/c1-2-3-9-6-11(8-15)12(13)7-10(9)4-5-14/h6-7H,2-4H2,1H3. The topological polar surface area (TPSA) is 47.6 Å². The lowest BCUT2D eigenvalue weighted by Gasteiger charge is -2.07. The third-order valence-corrected chi connectivity index (χ3v) is 2.51. The zero-order valence-corrected chi connectivity index (χ0v) is 9.30. The molecule has 0 N–H and O–H groups in total. The Labute approximate surface area is 94.7 Å². The van der Waals surface area contributed by atoms with Crippen LogP contribution in [0.2, 0.25) is 5.02 Å². The van der Waals surface area contributed by atoms with Crippen LogP contribution in [0.25, 0.3) is 0 Å². The van der Waals surface area contributed by atoms with Crippen LogP contribution in [0.1, 0.15) is 30.0 Å². The summed E-state index contributed by atoms with van der Waals surface area (Å²) >= 11 is 5.91. The molecule has 0 fully saturated rings. The zero-order chi connectivity index (χ0) is 11.3. The predicted molar refractivity (Wildman–Crippen MR) is 59.5 cm³/mol. The molecule has 0 heterocycles. The first kappa shape index (κ1) is 11.6. The third kappa shape index (κ3) is 2.72. The Morgan fingerprint density at radius 2 is 2.00 bits per heavy atom. The molecule has 0 saturated carbocycles. The van der Waals surface area contributed by atoms with Crippen molar-refractivity contribution in [2.75, 3.05) is 0 Å². The summed E-state index contributed by atoms with van der Waals surface area (Å²) in [5.41, 5.74) is 2.48. The number of aryl methyl sites for hydroxylation is 1. The van der Waals surface area contributed by atoms with Crippen molar-refractivity contribution in [2.45, 2.75) is 26.2 Å². The third-order valence-electron chi connectivity index (χ3n) is 2.20. The van der Waals surface area contributed by atoms with Crippen molar-refractivity contribution in [3.63, 3.8) is 0 Å². The summed E-state index contributed by atoms with van der Waals surface area (Å²) in [5.74, 6) is 0. The average molecular weight is 219 g/mol. The molecule has 2 nitrogen and oxygen atoms in total. The lowest BCUT2D eigenvalue weighted by molar-refractivity contribution is 0.906. The number of nitriles is 2. The molecule has 0 aromatic heterocycles. The van der Waals surface area contributed by atoms with E-state index in [1.165, 1.54) is 0 Å². The maximum atomic E-state index is 8.83.